The van der Waals surface area contributed by atoms with Crippen LogP contribution in [0, 0.1) is 11.3 Å². The highest BCUT2D eigenvalue weighted by Crippen LogP contribution is 2.49. The highest BCUT2D eigenvalue weighted by atomic mass is 16.5. The van der Waals surface area contributed by atoms with Crippen molar-refractivity contribution in [1.29, 1.82) is 0 Å². The van der Waals surface area contributed by atoms with E-state index in [2.05, 4.69) is 33.6 Å². The lowest BCUT2D eigenvalue weighted by molar-refractivity contribution is 0.0105. The van der Waals surface area contributed by atoms with Gasteiger partial charge in [-0.2, -0.15) is 0 Å². The molecule has 1 atom stereocenters. The first-order valence-electron chi connectivity index (χ1n) is 11.3. The average molecular weight is 439 g/mol. The van der Waals surface area contributed by atoms with Crippen LogP contribution in [0.2, 0.25) is 0 Å². The number of ether oxygens (including phenoxy) is 1. The Balaban J connectivity index is 1.38. The van der Waals surface area contributed by atoms with E-state index < -0.39 is 0 Å². The molecule has 0 N–H and O–H groups in total. The van der Waals surface area contributed by atoms with Gasteiger partial charge in [-0.3, -0.25) is 4.79 Å². The van der Waals surface area contributed by atoms with Crippen LogP contribution in [0.5, 0.6) is 0 Å². The lowest BCUT2D eigenvalue weighted by Gasteiger charge is -2.37. The van der Waals surface area contributed by atoms with Crippen molar-refractivity contribution in [3.05, 3.63) is 54.5 Å². The van der Waals surface area contributed by atoms with Gasteiger partial charge in [0.2, 0.25) is 0 Å². The number of carbonyl (C=O) groups excluding carboxylic acids is 1. The zero-order valence-corrected chi connectivity index (χ0v) is 18.7. The van der Waals surface area contributed by atoms with E-state index >= 15 is 0 Å². The number of furan rings is 1. The molecule has 0 radical (unpaired) electrons. The van der Waals surface area contributed by atoms with Crippen molar-refractivity contribution in [3.8, 4) is 0 Å². The first kappa shape index (κ1) is 20.9. The average Bonchev–Trinajstić information content (AvgIpc) is 3.56. The summed E-state index contributed by atoms with van der Waals surface area (Å²) in [4.78, 5) is 19.4. The van der Waals surface area contributed by atoms with E-state index in [0.29, 0.717) is 44.5 Å². The third kappa shape index (κ3) is 3.97. The number of carbonyl (C=O) groups is 1. The van der Waals surface area contributed by atoms with E-state index in [0.717, 1.165) is 31.0 Å². The van der Waals surface area contributed by atoms with E-state index in [1.54, 1.807) is 18.6 Å². The van der Waals surface area contributed by atoms with Gasteiger partial charge in [-0.25, -0.2) is 4.98 Å². The molecule has 2 saturated heterocycles. The molecule has 0 bridgehead atoms. The summed E-state index contributed by atoms with van der Waals surface area (Å²) < 4.78 is 15.7. The molecule has 1 amide bonds. The number of hydrogen-bond donors (Lipinski definition) is 0. The highest BCUT2D eigenvalue weighted by Gasteiger charge is 2.51. The van der Waals surface area contributed by atoms with E-state index in [1.807, 2.05) is 28.1 Å². The van der Waals surface area contributed by atoms with Crippen molar-refractivity contribution in [2.24, 2.45) is 11.3 Å². The second-order valence-electron chi connectivity index (χ2n) is 9.45. The van der Waals surface area contributed by atoms with Gasteiger partial charge in [0, 0.05) is 56.6 Å². The molecule has 0 saturated carbocycles. The molecule has 32 heavy (non-hydrogen) atoms. The third-order valence-corrected chi connectivity index (χ3v) is 6.71. The maximum absolute atomic E-state index is 13.4. The monoisotopic (exact) mass is 438 g/mol. The predicted octanol–water partition coefficient (Wildman–Crippen LogP) is 2.81. The molecule has 0 aromatic carbocycles. The maximum Gasteiger partial charge on any atom is 0.289 e. The molecule has 2 aliphatic rings. The minimum Gasteiger partial charge on any atom is -0.454 e. The van der Waals surface area contributed by atoms with Gasteiger partial charge in [-0.1, -0.05) is 13.8 Å². The Morgan fingerprint density at radius 2 is 2.09 bits per heavy atom. The molecule has 2 aliphatic heterocycles. The fraction of sp³-hybridized carbons (Fsp3) is 0.565. The van der Waals surface area contributed by atoms with Gasteiger partial charge in [0.15, 0.2) is 5.76 Å². The maximum atomic E-state index is 13.4. The Morgan fingerprint density at radius 3 is 2.84 bits per heavy atom. The van der Waals surface area contributed by atoms with Crippen LogP contribution < -0.4 is 0 Å². The number of likely N-dealkylation sites (tertiary alicyclic amines) is 1. The normalized spacial score (nSPS) is 20.5. The van der Waals surface area contributed by atoms with Crippen molar-refractivity contribution in [2.75, 3.05) is 26.3 Å². The van der Waals surface area contributed by atoms with Crippen LogP contribution >= 0.6 is 0 Å². The van der Waals surface area contributed by atoms with Gasteiger partial charge in [0.05, 0.1) is 12.9 Å². The van der Waals surface area contributed by atoms with Crippen molar-refractivity contribution >= 4 is 5.91 Å². The lowest BCUT2D eigenvalue weighted by Crippen LogP contribution is -2.37. The van der Waals surface area contributed by atoms with Crippen LogP contribution in [-0.4, -0.2) is 61.4 Å². The van der Waals surface area contributed by atoms with Crippen LogP contribution in [0.4, 0.5) is 0 Å². The minimum absolute atomic E-state index is 0.0398. The predicted molar refractivity (Wildman–Crippen MR) is 116 cm³/mol. The zero-order chi connectivity index (χ0) is 22.1. The summed E-state index contributed by atoms with van der Waals surface area (Å²) in [6, 6.07) is 3.64. The van der Waals surface area contributed by atoms with E-state index in [1.165, 1.54) is 0 Å². The first-order chi connectivity index (χ1) is 15.5. The van der Waals surface area contributed by atoms with Gasteiger partial charge in [-0.15, -0.1) is 10.2 Å². The van der Waals surface area contributed by atoms with Crippen molar-refractivity contribution in [2.45, 2.75) is 45.7 Å². The first-order valence-corrected chi connectivity index (χ1v) is 11.3. The summed E-state index contributed by atoms with van der Waals surface area (Å²) in [5.41, 5.74) is -0.0398. The lowest BCUT2D eigenvalue weighted by atomic mass is 9.71. The number of amides is 1. The van der Waals surface area contributed by atoms with Crippen molar-refractivity contribution < 1.29 is 13.9 Å². The van der Waals surface area contributed by atoms with Gasteiger partial charge >= 0.3 is 0 Å². The van der Waals surface area contributed by atoms with Gasteiger partial charge in [0.1, 0.15) is 17.9 Å². The molecular weight excluding hydrogens is 408 g/mol. The zero-order valence-electron chi connectivity index (χ0n) is 18.7. The molecule has 2 fully saturated rings. The summed E-state index contributed by atoms with van der Waals surface area (Å²) in [6.07, 6.45) is 8.99. The molecule has 3 aromatic rings. The van der Waals surface area contributed by atoms with Gasteiger partial charge in [0.25, 0.3) is 5.91 Å². The molecule has 9 nitrogen and oxygen atoms in total. The summed E-state index contributed by atoms with van der Waals surface area (Å²) in [5, 5.41) is 8.73. The summed E-state index contributed by atoms with van der Waals surface area (Å²) in [7, 11) is 0. The largest absolute Gasteiger partial charge is 0.454 e. The molecule has 170 valence electrons. The van der Waals surface area contributed by atoms with Crippen LogP contribution in [0.15, 0.2) is 41.6 Å². The van der Waals surface area contributed by atoms with E-state index in [-0.39, 0.29) is 17.2 Å². The number of hydrogen-bond acceptors (Lipinski definition) is 6. The van der Waals surface area contributed by atoms with Crippen LogP contribution in [0.1, 0.15) is 54.7 Å². The number of nitrogens with zero attached hydrogens (tertiary/aromatic N) is 6. The Morgan fingerprint density at radius 1 is 1.25 bits per heavy atom. The fourth-order valence-corrected chi connectivity index (χ4v) is 5.13. The smallest absolute Gasteiger partial charge is 0.289 e. The standard InChI is InChI=1S/C23H30N6O3/c1-17(2)11-29-16-25-26-21(29)19-13-28(14-23(19)5-9-31-10-6-23)22(30)20-4-3-18(32-20)12-27-8-7-24-15-27/h3-4,7-8,15-17,19H,5-6,9-14H2,1-2H3. The van der Waals surface area contributed by atoms with Gasteiger partial charge in [-0.05, 0) is 30.9 Å². The number of aromatic nitrogens is 5. The fourth-order valence-electron chi connectivity index (χ4n) is 5.13. The summed E-state index contributed by atoms with van der Waals surface area (Å²) in [6.45, 7) is 8.54. The third-order valence-electron chi connectivity index (χ3n) is 6.71. The molecule has 1 spiro atoms. The van der Waals surface area contributed by atoms with E-state index in [4.69, 9.17) is 9.15 Å². The van der Waals surface area contributed by atoms with Crippen LogP contribution in [0.3, 0.4) is 0 Å². The van der Waals surface area contributed by atoms with E-state index in [9.17, 15) is 4.79 Å². The molecule has 0 aliphatic carbocycles. The molecule has 1 unspecified atom stereocenters. The molecular formula is C23H30N6O3. The Hall–Kier alpha value is -2.94. The molecule has 9 heteroatoms. The van der Waals surface area contributed by atoms with Crippen molar-refractivity contribution in [1.82, 2.24) is 29.2 Å². The second kappa shape index (κ2) is 8.54. The number of imidazole rings is 1. The summed E-state index contributed by atoms with van der Waals surface area (Å²) >= 11 is 0. The van der Waals surface area contributed by atoms with Crippen LogP contribution in [0.25, 0.3) is 0 Å². The Bertz CT molecular complexity index is 1050. The summed E-state index contributed by atoms with van der Waals surface area (Å²) in [5.74, 6) is 2.66. The second-order valence-corrected chi connectivity index (χ2v) is 9.45. The molecule has 5 heterocycles. The minimum atomic E-state index is -0.0647. The van der Waals surface area contributed by atoms with Crippen molar-refractivity contribution in [3.63, 3.8) is 0 Å². The molecule has 5 rings (SSSR count). The quantitative estimate of drug-likeness (QED) is 0.588. The van der Waals surface area contributed by atoms with Gasteiger partial charge < -0.3 is 23.2 Å². The topological polar surface area (TPSA) is 91.2 Å². The highest BCUT2D eigenvalue weighted by molar-refractivity contribution is 5.92. The Kier molecular flexibility index (Phi) is 5.58. The van der Waals surface area contributed by atoms with Crippen LogP contribution in [-0.2, 0) is 17.8 Å². The number of rotatable bonds is 6. The molecule has 3 aromatic heterocycles. The Labute approximate surface area is 187 Å². The SMILES string of the molecule is CC(C)Cn1cnnc1C1CN(C(=O)c2ccc(Cn3ccnc3)o2)CC12CCOCC2.